The second-order valence-electron chi connectivity index (χ2n) is 9.11. The van der Waals surface area contributed by atoms with Crippen LogP contribution in [0.3, 0.4) is 0 Å². The first-order valence-corrected chi connectivity index (χ1v) is 12.1. The molecule has 0 bridgehead atoms. The van der Waals surface area contributed by atoms with Gasteiger partial charge in [-0.1, -0.05) is 34.6 Å². The summed E-state index contributed by atoms with van der Waals surface area (Å²) >= 11 is 0. The van der Waals surface area contributed by atoms with E-state index in [9.17, 15) is 19.8 Å². The van der Waals surface area contributed by atoms with Gasteiger partial charge in [0.05, 0.1) is 30.7 Å². The summed E-state index contributed by atoms with van der Waals surface area (Å²) < 4.78 is 16.8. The molecule has 2 fully saturated rings. The Morgan fingerprint density at radius 1 is 1.08 bits per heavy atom. The smallest absolute Gasteiger partial charge is 0.320 e. The predicted molar refractivity (Wildman–Crippen MR) is 96.7 cm³/mol. The quantitative estimate of drug-likeness (QED) is 0.427. The second-order valence-corrected chi connectivity index (χ2v) is 13.9. The largest absolute Gasteiger partial charge is 0.414 e. The van der Waals surface area contributed by atoms with Crippen LogP contribution in [0.4, 0.5) is 0 Å². The summed E-state index contributed by atoms with van der Waals surface area (Å²) in [6, 6.07) is 0. The molecule has 0 aromatic carbocycles. The summed E-state index contributed by atoms with van der Waals surface area (Å²) in [7, 11) is -2.07. The monoisotopic (exact) mass is 388 g/mol. The van der Waals surface area contributed by atoms with E-state index in [1.807, 2.05) is 0 Å². The van der Waals surface area contributed by atoms with E-state index in [1.165, 1.54) is 0 Å². The topological polar surface area (TPSA) is 102 Å². The Morgan fingerprint density at radius 2 is 1.65 bits per heavy atom. The Morgan fingerprint density at radius 3 is 2.12 bits per heavy atom. The molecule has 8 heteroatoms. The second kappa shape index (κ2) is 7.31. The average Bonchev–Trinajstić information content (AvgIpc) is 2.76. The molecule has 0 saturated carbocycles. The van der Waals surface area contributed by atoms with Crippen LogP contribution in [0.5, 0.6) is 0 Å². The Hall–Kier alpha value is -0.803. The molecule has 7 unspecified atom stereocenters. The van der Waals surface area contributed by atoms with Crippen LogP contribution in [-0.4, -0.2) is 61.5 Å². The molecule has 2 N–H and O–H groups in total. The standard InChI is InChI=1S/C18H32O7Si/c1-9-12(17(22)25-16(9)21)15-10(2)13(19)14(20)11(24-15)8-23-26(6,7)18(3,4)5/h9-15,19-20H,8H2,1-7H3. The number of esters is 2. The molecule has 0 aromatic heterocycles. The number of aliphatic hydroxyl groups is 2. The van der Waals surface area contributed by atoms with E-state index in [4.69, 9.17) is 13.9 Å². The predicted octanol–water partition coefficient (Wildman–Crippen LogP) is 1.47. The van der Waals surface area contributed by atoms with Crippen molar-refractivity contribution in [2.75, 3.05) is 6.61 Å². The van der Waals surface area contributed by atoms with Crippen LogP contribution in [0, 0.1) is 17.8 Å². The number of cyclic esters (lactones) is 2. The molecule has 0 amide bonds. The fraction of sp³-hybridized carbons (Fsp3) is 0.889. The lowest BCUT2D eigenvalue weighted by molar-refractivity contribution is -0.218. The van der Waals surface area contributed by atoms with Crippen LogP contribution in [0.25, 0.3) is 0 Å². The number of aliphatic hydroxyl groups excluding tert-OH is 2. The van der Waals surface area contributed by atoms with Gasteiger partial charge in [-0.15, -0.1) is 0 Å². The van der Waals surface area contributed by atoms with Crippen LogP contribution >= 0.6 is 0 Å². The van der Waals surface area contributed by atoms with Crippen molar-refractivity contribution in [2.45, 2.75) is 77.2 Å². The highest BCUT2D eigenvalue weighted by molar-refractivity contribution is 6.74. The fourth-order valence-corrected chi connectivity index (χ4v) is 4.23. The molecule has 150 valence electrons. The van der Waals surface area contributed by atoms with E-state index in [2.05, 4.69) is 33.9 Å². The van der Waals surface area contributed by atoms with Gasteiger partial charge in [-0.25, -0.2) is 0 Å². The molecule has 2 heterocycles. The van der Waals surface area contributed by atoms with Crippen molar-refractivity contribution in [1.82, 2.24) is 0 Å². The summed E-state index contributed by atoms with van der Waals surface area (Å²) in [6.45, 7) is 14.0. The lowest BCUT2D eigenvalue weighted by Crippen LogP contribution is -2.58. The highest BCUT2D eigenvalue weighted by Crippen LogP contribution is 2.39. The lowest BCUT2D eigenvalue weighted by atomic mass is 9.78. The minimum Gasteiger partial charge on any atom is -0.414 e. The van der Waals surface area contributed by atoms with Crippen molar-refractivity contribution < 1.29 is 33.7 Å². The SMILES string of the molecule is CC1C(=O)OC(=O)C1C1OC(CO[Si](C)(C)C(C)(C)C)C(O)C(O)C1C. The minimum atomic E-state index is -2.07. The van der Waals surface area contributed by atoms with Crippen LogP contribution in [0.1, 0.15) is 34.6 Å². The average molecular weight is 389 g/mol. The number of carbonyl (C=O) groups is 2. The highest BCUT2D eigenvalue weighted by atomic mass is 28.4. The third-order valence-corrected chi connectivity index (χ3v) is 10.8. The Labute approximate surface area is 156 Å². The summed E-state index contributed by atoms with van der Waals surface area (Å²) in [6.07, 6.45) is -3.67. The van der Waals surface area contributed by atoms with E-state index in [0.29, 0.717) is 0 Å². The van der Waals surface area contributed by atoms with Gasteiger partial charge in [-0.3, -0.25) is 9.59 Å². The first-order chi connectivity index (χ1) is 11.8. The third-order valence-electron chi connectivity index (χ3n) is 6.27. The zero-order valence-corrected chi connectivity index (χ0v) is 17.7. The Bertz CT molecular complexity index is 556. The molecule has 0 aliphatic carbocycles. The summed E-state index contributed by atoms with van der Waals surface area (Å²) in [5, 5.41) is 20.9. The fourth-order valence-electron chi connectivity index (χ4n) is 3.22. The summed E-state index contributed by atoms with van der Waals surface area (Å²) in [5.74, 6) is -3.15. The van der Waals surface area contributed by atoms with Crippen LogP contribution in [-0.2, 0) is 23.5 Å². The summed E-state index contributed by atoms with van der Waals surface area (Å²) in [4.78, 5) is 23.8. The number of carbonyl (C=O) groups excluding carboxylic acids is 2. The molecular weight excluding hydrogens is 356 g/mol. The molecule has 2 aliphatic rings. The minimum absolute atomic E-state index is 0.00583. The van der Waals surface area contributed by atoms with Crippen molar-refractivity contribution in [3.63, 3.8) is 0 Å². The zero-order valence-electron chi connectivity index (χ0n) is 16.7. The van der Waals surface area contributed by atoms with Crippen molar-refractivity contribution in [3.05, 3.63) is 0 Å². The first kappa shape index (κ1) is 21.5. The molecule has 0 spiro atoms. The number of hydrogen-bond donors (Lipinski definition) is 2. The molecule has 0 aromatic rings. The van der Waals surface area contributed by atoms with E-state index in [1.54, 1.807) is 13.8 Å². The molecule has 26 heavy (non-hydrogen) atoms. The van der Waals surface area contributed by atoms with Gasteiger partial charge in [-0.05, 0) is 18.1 Å². The number of ether oxygens (including phenoxy) is 2. The highest BCUT2D eigenvalue weighted by Gasteiger charge is 2.54. The Balaban J connectivity index is 2.16. The van der Waals surface area contributed by atoms with E-state index in [0.717, 1.165) is 0 Å². The molecule has 0 radical (unpaired) electrons. The van der Waals surface area contributed by atoms with Gasteiger partial charge < -0.3 is 24.1 Å². The van der Waals surface area contributed by atoms with Crippen LogP contribution in [0.2, 0.25) is 18.1 Å². The first-order valence-electron chi connectivity index (χ1n) is 9.19. The van der Waals surface area contributed by atoms with Gasteiger partial charge in [0.2, 0.25) is 0 Å². The maximum Gasteiger partial charge on any atom is 0.320 e. The third kappa shape index (κ3) is 3.89. The zero-order chi connectivity index (χ0) is 20.0. The number of hydrogen-bond acceptors (Lipinski definition) is 7. The van der Waals surface area contributed by atoms with Crippen molar-refractivity contribution >= 4 is 20.3 Å². The van der Waals surface area contributed by atoms with Gasteiger partial charge in [0.1, 0.15) is 12.2 Å². The maximum atomic E-state index is 12.1. The van der Waals surface area contributed by atoms with Crippen molar-refractivity contribution in [2.24, 2.45) is 17.8 Å². The normalized spacial score (nSPS) is 39.2. The van der Waals surface area contributed by atoms with E-state index < -0.39 is 62.4 Å². The van der Waals surface area contributed by atoms with Gasteiger partial charge in [0, 0.05) is 5.92 Å². The molecule has 7 nitrogen and oxygen atoms in total. The van der Waals surface area contributed by atoms with Crippen molar-refractivity contribution in [1.29, 1.82) is 0 Å². The molecule has 7 atom stereocenters. The molecule has 2 aliphatic heterocycles. The maximum absolute atomic E-state index is 12.1. The van der Waals surface area contributed by atoms with Gasteiger partial charge in [-0.2, -0.15) is 0 Å². The molecular formula is C18H32O7Si. The summed E-state index contributed by atoms with van der Waals surface area (Å²) in [5.41, 5.74) is 0. The van der Waals surface area contributed by atoms with Crippen molar-refractivity contribution in [3.8, 4) is 0 Å². The van der Waals surface area contributed by atoms with Gasteiger partial charge >= 0.3 is 11.9 Å². The number of rotatable bonds is 4. The van der Waals surface area contributed by atoms with Gasteiger partial charge in [0.25, 0.3) is 0 Å². The molecule has 2 saturated heterocycles. The van der Waals surface area contributed by atoms with E-state index >= 15 is 0 Å². The lowest BCUT2D eigenvalue weighted by Gasteiger charge is -2.45. The van der Waals surface area contributed by atoms with E-state index in [-0.39, 0.29) is 11.6 Å². The Kier molecular flexibility index (Phi) is 6.05. The van der Waals surface area contributed by atoms with Gasteiger partial charge in [0.15, 0.2) is 8.32 Å². The molecule has 2 rings (SSSR count). The van der Waals surface area contributed by atoms with Crippen LogP contribution in [0.15, 0.2) is 0 Å². The van der Waals surface area contributed by atoms with Crippen LogP contribution < -0.4 is 0 Å².